The molecular weight excluding hydrogens is 245 g/mol. The molecule has 1 fully saturated rings. The second kappa shape index (κ2) is 4.72. The van der Waals surface area contributed by atoms with E-state index in [0.29, 0.717) is 0 Å². The van der Waals surface area contributed by atoms with Gasteiger partial charge in [0.05, 0.1) is 5.56 Å². The monoisotopic (exact) mass is 258 g/mol. The highest BCUT2D eigenvalue weighted by molar-refractivity contribution is 5.99. The number of hydrogen-bond donors (Lipinski definition) is 0. The third kappa shape index (κ3) is 2.72. The summed E-state index contributed by atoms with van der Waals surface area (Å²) in [5.74, 6) is -0.0292. The summed E-state index contributed by atoms with van der Waals surface area (Å²) in [5.41, 5.74) is -0.485. The summed E-state index contributed by atoms with van der Waals surface area (Å²) in [6.07, 6.45) is -3.03. The van der Waals surface area contributed by atoms with E-state index in [0.717, 1.165) is 25.0 Å². The molecule has 1 aromatic rings. The topological polar surface area (TPSA) is 26.3 Å². The van der Waals surface area contributed by atoms with Gasteiger partial charge in [-0.15, -0.1) is 0 Å². The molecule has 1 aliphatic rings. The molecule has 0 spiro atoms. The van der Waals surface area contributed by atoms with E-state index in [1.165, 1.54) is 19.2 Å². The average molecular weight is 258 g/mol. The maximum Gasteiger partial charge on any atom is 0.416 e. The first kappa shape index (κ1) is 13.1. The van der Waals surface area contributed by atoms with Crippen LogP contribution in [0.2, 0.25) is 0 Å². The van der Waals surface area contributed by atoms with Crippen LogP contribution in [0.25, 0.3) is 0 Å². The number of hydrogen-bond acceptors (Lipinski definition) is 2. The first-order valence-electron chi connectivity index (χ1n) is 5.67. The molecule has 5 heteroatoms. The Morgan fingerprint density at radius 1 is 1.28 bits per heavy atom. The van der Waals surface area contributed by atoms with E-state index < -0.39 is 17.8 Å². The Morgan fingerprint density at radius 3 is 2.22 bits per heavy atom. The van der Waals surface area contributed by atoms with Crippen molar-refractivity contribution in [1.29, 1.82) is 0 Å². The zero-order valence-electron chi connectivity index (χ0n) is 9.83. The minimum absolute atomic E-state index is 0.213. The third-order valence-electron chi connectivity index (χ3n) is 3.06. The summed E-state index contributed by atoms with van der Waals surface area (Å²) in [6.45, 7) is 0. The van der Waals surface area contributed by atoms with Crippen LogP contribution in [0.5, 0.6) is 0 Å². The highest BCUT2D eigenvalue weighted by Crippen LogP contribution is 2.36. The van der Waals surface area contributed by atoms with Crippen LogP contribution in [0, 0.1) is 5.92 Å². The zero-order valence-corrected chi connectivity index (χ0v) is 9.83. The van der Waals surface area contributed by atoms with Crippen molar-refractivity contribution in [1.82, 2.24) is 0 Å². The normalized spacial score (nSPS) is 17.6. The van der Waals surface area contributed by atoms with Crippen LogP contribution < -0.4 is 0 Å². The van der Waals surface area contributed by atoms with Gasteiger partial charge in [-0.05, 0) is 30.9 Å². The van der Waals surface area contributed by atoms with Gasteiger partial charge in [0.15, 0.2) is 5.78 Å². The summed E-state index contributed by atoms with van der Waals surface area (Å²) < 4.78 is 42.2. The molecule has 1 aromatic carbocycles. The summed E-state index contributed by atoms with van der Waals surface area (Å²) >= 11 is 0. The zero-order chi connectivity index (χ0) is 13.3. The maximum absolute atomic E-state index is 12.4. The molecule has 1 saturated carbocycles. The Morgan fingerprint density at radius 2 is 1.83 bits per heavy atom. The lowest BCUT2D eigenvalue weighted by molar-refractivity contribution is -0.137. The number of ketones is 1. The number of benzene rings is 1. The summed E-state index contributed by atoms with van der Waals surface area (Å²) in [4.78, 5) is 12.0. The van der Waals surface area contributed by atoms with E-state index >= 15 is 0 Å². The van der Waals surface area contributed by atoms with Crippen molar-refractivity contribution in [2.45, 2.75) is 25.1 Å². The van der Waals surface area contributed by atoms with Gasteiger partial charge in [0.1, 0.15) is 6.10 Å². The van der Waals surface area contributed by atoms with Crippen LogP contribution in [0.3, 0.4) is 0 Å². The van der Waals surface area contributed by atoms with Crippen LogP contribution in [-0.4, -0.2) is 19.0 Å². The highest BCUT2D eigenvalue weighted by Gasteiger charge is 2.37. The van der Waals surface area contributed by atoms with Gasteiger partial charge in [-0.1, -0.05) is 12.1 Å². The van der Waals surface area contributed by atoms with Crippen molar-refractivity contribution in [3.63, 3.8) is 0 Å². The van der Waals surface area contributed by atoms with Gasteiger partial charge in [-0.2, -0.15) is 13.2 Å². The van der Waals surface area contributed by atoms with Crippen molar-refractivity contribution in [3.05, 3.63) is 35.4 Å². The molecule has 0 saturated heterocycles. The molecule has 1 aliphatic carbocycles. The smallest absolute Gasteiger partial charge is 0.373 e. The summed E-state index contributed by atoms with van der Waals surface area (Å²) in [6, 6.07) is 4.26. The van der Waals surface area contributed by atoms with Crippen molar-refractivity contribution < 1.29 is 22.7 Å². The van der Waals surface area contributed by atoms with Crippen LogP contribution in [0.4, 0.5) is 13.2 Å². The van der Waals surface area contributed by atoms with Crippen LogP contribution in [0.1, 0.15) is 28.8 Å². The quantitative estimate of drug-likeness (QED) is 0.774. The van der Waals surface area contributed by atoms with E-state index in [2.05, 4.69) is 0 Å². The molecule has 2 nitrogen and oxygen atoms in total. The van der Waals surface area contributed by atoms with Crippen molar-refractivity contribution >= 4 is 5.78 Å². The minimum atomic E-state index is -4.38. The molecule has 98 valence electrons. The molecule has 0 aliphatic heterocycles. The molecule has 0 N–H and O–H groups in total. The Kier molecular flexibility index (Phi) is 3.43. The van der Waals surface area contributed by atoms with E-state index in [1.54, 1.807) is 0 Å². The summed E-state index contributed by atoms with van der Waals surface area (Å²) in [7, 11) is 1.45. The number of ether oxygens (including phenoxy) is 1. The van der Waals surface area contributed by atoms with E-state index in [9.17, 15) is 18.0 Å². The first-order valence-corrected chi connectivity index (χ1v) is 5.67. The van der Waals surface area contributed by atoms with Gasteiger partial charge >= 0.3 is 6.18 Å². The van der Waals surface area contributed by atoms with Crippen molar-refractivity contribution in [2.75, 3.05) is 7.11 Å². The fourth-order valence-corrected chi connectivity index (χ4v) is 1.90. The summed E-state index contributed by atoms with van der Waals surface area (Å²) in [5, 5.41) is 0. The number of rotatable bonds is 4. The molecule has 0 heterocycles. The van der Waals surface area contributed by atoms with E-state index in [-0.39, 0.29) is 17.3 Å². The fourth-order valence-electron chi connectivity index (χ4n) is 1.90. The molecule has 0 amide bonds. The molecule has 1 unspecified atom stereocenters. The number of alkyl halides is 3. The van der Waals surface area contributed by atoms with Gasteiger partial charge < -0.3 is 4.74 Å². The van der Waals surface area contributed by atoms with Gasteiger partial charge in [-0.3, -0.25) is 4.79 Å². The molecule has 0 aromatic heterocycles. The Labute approximate surface area is 103 Å². The van der Waals surface area contributed by atoms with Gasteiger partial charge in [0, 0.05) is 12.7 Å². The lowest BCUT2D eigenvalue weighted by Crippen LogP contribution is -2.25. The van der Waals surface area contributed by atoms with Crippen LogP contribution >= 0.6 is 0 Å². The molecular formula is C13H13F3O2. The second-order valence-corrected chi connectivity index (χ2v) is 4.43. The minimum Gasteiger partial charge on any atom is -0.373 e. The number of carbonyl (C=O) groups excluding carboxylic acids is 1. The van der Waals surface area contributed by atoms with Crippen LogP contribution in [-0.2, 0) is 10.9 Å². The standard InChI is InChI=1S/C13H13F3O2/c1-18-12(9-2-3-9)11(17)8-4-6-10(7-5-8)13(14,15)16/h4-7,9,12H,2-3H2,1H3. The average Bonchev–Trinajstić information content (AvgIpc) is 3.13. The molecule has 0 bridgehead atoms. The third-order valence-corrected chi connectivity index (χ3v) is 3.06. The molecule has 18 heavy (non-hydrogen) atoms. The van der Waals surface area contributed by atoms with Gasteiger partial charge in [0.2, 0.25) is 0 Å². The number of Topliss-reactive ketones (excluding diaryl/α,β-unsaturated/α-hetero) is 1. The second-order valence-electron chi connectivity index (χ2n) is 4.43. The van der Waals surface area contributed by atoms with Crippen molar-refractivity contribution in [2.24, 2.45) is 5.92 Å². The van der Waals surface area contributed by atoms with E-state index in [4.69, 9.17) is 4.74 Å². The highest BCUT2D eigenvalue weighted by atomic mass is 19.4. The Balaban J connectivity index is 2.16. The van der Waals surface area contributed by atoms with E-state index in [1.807, 2.05) is 0 Å². The molecule has 1 atom stereocenters. The number of methoxy groups -OCH3 is 1. The molecule has 2 rings (SSSR count). The SMILES string of the molecule is COC(C(=O)c1ccc(C(F)(F)F)cc1)C1CC1. The largest absolute Gasteiger partial charge is 0.416 e. The van der Waals surface area contributed by atoms with Gasteiger partial charge in [-0.25, -0.2) is 0 Å². The fraction of sp³-hybridized carbons (Fsp3) is 0.462. The number of halogens is 3. The Bertz CT molecular complexity index is 433. The van der Waals surface area contributed by atoms with Crippen molar-refractivity contribution in [3.8, 4) is 0 Å². The predicted octanol–water partition coefficient (Wildman–Crippen LogP) is 3.31. The van der Waals surface area contributed by atoms with Gasteiger partial charge in [0.25, 0.3) is 0 Å². The predicted molar refractivity (Wildman–Crippen MR) is 59.3 cm³/mol. The van der Waals surface area contributed by atoms with Crippen LogP contribution in [0.15, 0.2) is 24.3 Å². The lowest BCUT2D eigenvalue weighted by Gasteiger charge is -2.13. The molecule has 0 radical (unpaired) electrons. The first-order chi connectivity index (χ1) is 8.43. The lowest BCUT2D eigenvalue weighted by atomic mass is 10.0. The maximum atomic E-state index is 12.4. The number of carbonyl (C=O) groups is 1. The Hall–Kier alpha value is -1.36.